The van der Waals surface area contributed by atoms with Crippen molar-refractivity contribution in [3.05, 3.63) is 23.5 Å². The molecule has 0 bridgehead atoms. The monoisotopic (exact) mass is 236 g/mol. The van der Waals surface area contributed by atoms with Crippen LogP contribution >= 0.6 is 12.4 Å². The number of phenolic OH excluding ortho intramolecular Hbond substituents is 1. The number of halogens is 2. The summed E-state index contributed by atoms with van der Waals surface area (Å²) < 4.78 is 12.8. The highest BCUT2D eigenvalue weighted by molar-refractivity contribution is 5.85. The molecule has 86 valence electrons. The van der Waals surface area contributed by atoms with E-state index in [1.165, 1.54) is 6.07 Å². The Bertz CT molecular complexity index is 336. The highest BCUT2D eigenvalue weighted by Gasteiger charge is 2.14. The van der Waals surface area contributed by atoms with Crippen LogP contribution in [-0.4, -0.2) is 16.8 Å². The van der Waals surface area contributed by atoms with Gasteiger partial charge >= 0.3 is 0 Å². The summed E-state index contributed by atoms with van der Waals surface area (Å²) in [5.41, 5.74) is 10.9. The average molecular weight is 237 g/mol. The predicted octanol–water partition coefficient (Wildman–Crippen LogP) is 0.917. The third kappa shape index (κ3) is 2.95. The molecule has 4 nitrogen and oxygen atoms in total. The number of aliphatic hydroxyl groups excluding tert-OH is 1. The fourth-order valence-electron chi connectivity index (χ4n) is 1.19. The Hall–Kier alpha value is -1.04. The molecular weight excluding hydrogens is 223 g/mol. The van der Waals surface area contributed by atoms with Gasteiger partial charge in [-0.2, -0.15) is 0 Å². The van der Waals surface area contributed by atoms with Gasteiger partial charge in [0.05, 0.1) is 0 Å². The first-order chi connectivity index (χ1) is 6.57. The summed E-state index contributed by atoms with van der Waals surface area (Å²) in [7, 11) is 0. The standard InChI is InChI=1S/C9H13FN2O2.ClH/c10-6-2-1-5(7(11)3-4-13)9(14)8(6)12;/h1-2,7,13-14H,3-4,11-12H2;1H/t7-;/m1./s1. The van der Waals surface area contributed by atoms with Crippen molar-refractivity contribution in [2.24, 2.45) is 5.73 Å². The number of aromatic hydroxyl groups is 1. The lowest BCUT2D eigenvalue weighted by Gasteiger charge is -2.13. The van der Waals surface area contributed by atoms with Crippen LogP contribution in [0.2, 0.25) is 0 Å². The lowest BCUT2D eigenvalue weighted by atomic mass is 10.0. The quantitative estimate of drug-likeness (QED) is 0.464. The van der Waals surface area contributed by atoms with E-state index in [1.807, 2.05) is 0 Å². The molecule has 0 heterocycles. The second kappa shape index (κ2) is 5.75. The minimum Gasteiger partial charge on any atom is -0.505 e. The predicted molar refractivity (Wildman–Crippen MR) is 58.4 cm³/mol. The number of hydrogen-bond donors (Lipinski definition) is 4. The molecule has 0 saturated carbocycles. The molecule has 1 rings (SSSR count). The van der Waals surface area contributed by atoms with E-state index in [0.29, 0.717) is 12.0 Å². The molecule has 0 aliphatic heterocycles. The first-order valence-electron chi connectivity index (χ1n) is 4.21. The van der Waals surface area contributed by atoms with Gasteiger partial charge in [-0.1, -0.05) is 6.07 Å². The molecule has 0 aliphatic carbocycles. The molecule has 0 saturated heterocycles. The van der Waals surface area contributed by atoms with Crippen molar-refractivity contribution in [2.45, 2.75) is 12.5 Å². The van der Waals surface area contributed by atoms with Gasteiger partial charge in [-0.3, -0.25) is 0 Å². The van der Waals surface area contributed by atoms with Crippen LogP contribution < -0.4 is 11.5 Å². The fraction of sp³-hybridized carbons (Fsp3) is 0.333. The van der Waals surface area contributed by atoms with Crippen molar-refractivity contribution in [1.82, 2.24) is 0 Å². The van der Waals surface area contributed by atoms with E-state index in [1.54, 1.807) is 0 Å². The fourth-order valence-corrected chi connectivity index (χ4v) is 1.19. The average Bonchev–Trinajstić information content (AvgIpc) is 2.15. The van der Waals surface area contributed by atoms with Crippen LogP contribution in [0.4, 0.5) is 10.1 Å². The topological polar surface area (TPSA) is 92.5 Å². The lowest BCUT2D eigenvalue weighted by molar-refractivity contribution is 0.275. The molecular formula is C9H14ClFN2O2. The minimum atomic E-state index is -0.678. The van der Waals surface area contributed by atoms with Gasteiger partial charge in [0.1, 0.15) is 17.3 Å². The second-order valence-electron chi connectivity index (χ2n) is 3.02. The molecule has 6 heteroatoms. The Kier molecular flexibility index (Phi) is 5.35. The molecule has 0 unspecified atom stereocenters. The number of nitrogens with two attached hydrogens (primary N) is 2. The molecule has 6 N–H and O–H groups in total. The maximum Gasteiger partial charge on any atom is 0.149 e. The summed E-state index contributed by atoms with van der Waals surface area (Å²) in [6.45, 7) is -0.0993. The van der Waals surface area contributed by atoms with E-state index in [9.17, 15) is 9.50 Å². The van der Waals surface area contributed by atoms with Crippen LogP contribution in [-0.2, 0) is 0 Å². The van der Waals surface area contributed by atoms with Gasteiger partial charge in [-0.05, 0) is 12.5 Å². The summed E-state index contributed by atoms with van der Waals surface area (Å²) in [6, 6.07) is 1.96. The zero-order chi connectivity index (χ0) is 10.7. The van der Waals surface area contributed by atoms with Gasteiger partial charge in [0.25, 0.3) is 0 Å². The van der Waals surface area contributed by atoms with Gasteiger partial charge in [0.2, 0.25) is 0 Å². The first-order valence-corrected chi connectivity index (χ1v) is 4.21. The van der Waals surface area contributed by atoms with Crippen molar-refractivity contribution < 1.29 is 14.6 Å². The summed E-state index contributed by atoms with van der Waals surface area (Å²) in [5, 5.41) is 18.1. The normalized spacial score (nSPS) is 11.9. The number of phenols is 1. The van der Waals surface area contributed by atoms with Crippen LogP contribution in [0.15, 0.2) is 12.1 Å². The molecule has 1 aromatic carbocycles. The Balaban J connectivity index is 0.00000196. The van der Waals surface area contributed by atoms with Gasteiger partial charge in [-0.25, -0.2) is 4.39 Å². The zero-order valence-corrected chi connectivity index (χ0v) is 8.80. The maximum absolute atomic E-state index is 12.8. The summed E-state index contributed by atoms with van der Waals surface area (Å²) >= 11 is 0. The van der Waals surface area contributed by atoms with Crippen LogP contribution in [0.25, 0.3) is 0 Å². The van der Waals surface area contributed by atoms with E-state index in [0.717, 1.165) is 6.07 Å². The number of hydrogen-bond acceptors (Lipinski definition) is 4. The lowest BCUT2D eigenvalue weighted by Crippen LogP contribution is -2.13. The summed E-state index contributed by atoms with van der Waals surface area (Å²) in [4.78, 5) is 0. The van der Waals surface area contributed by atoms with Crippen molar-refractivity contribution in [1.29, 1.82) is 0 Å². The number of aliphatic hydroxyl groups is 1. The van der Waals surface area contributed by atoms with Gasteiger partial charge < -0.3 is 21.7 Å². The van der Waals surface area contributed by atoms with Crippen LogP contribution in [0.3, 0.4) is 0 Å². The van der Waals surface area contributed by atoms with Crippen LogP contribution in [0.5, 0.6) is 5.75 Å². The third-order valence-corrected chi connectivity index (χ3v) is 2.03. The smallest absolute Gasteiger partial charge is 0.149 e. The molecule has 0 amide bonds. The molecule has 0 radical (unpaired) electrons. The van der Waals surface area contributed by atoms with Gasteiger partial charge in [-0.15, -0.1) is 12.4 Å². The summed E-state index contributed by atoms with van der Waals surface area (Å²) in [6.07, 6.45) is 0.290. The highest BCUT2D eigenvalue weighted by atomic mass is 35.5. The Morgan fingerprint density at radius 2 is 2.00 bits per heavy atom. The third-order valence-electron chi connectivity index (χ3n) is 2.03. The Morgan fingerprint density at radius 1 is 1.40 bits per heavy atom. The number of rotatable bonds is 3. The second-order valence-corrected chi connectivity index (χ2v) is 3.02. The summed E-state index contributed by atoms with van der Waals surface area (Å²) in [5.74, 6) is -1.02. The van der Waals surface area contributed by atoms with Crippen molar-refractivity contribution in [2.75, 3.05) is 12.3 Å². The van der Waals surface area contributed by atoms with Crippen molar-refractivity contribution in [3.63, 3.8) is 0 Å². The van der Waals surface area contributed by atoms with Gasteiger partial charge in [0.15, 0.2) is 0 Å². The molecule has 1 aromatic rings. The minimum absolute atomic E-state index is 0. The number of benzene rings is 1. The maximum atomic E-state index is 12.8. The number of anilines is 1. The van der Waals surface area contributed by atoms with E-state index in [-0.39, 0.29) is 30.5 Å². The molecule has 0 spiro atoms. The SMILES string of the molecule is Cl.Nc1c(F)ccc([C@H](N)CCO)c1O. The van der Waals surface area contributed by atoms with Gasteiger partial charge in [0, 0.05) is 18.2 Å². The van der Waals surface area contributed by atoms with E-state index < -0.39 is 11.9 Å². The Morgan fingerprint density at radius 3 is 2.53 bits per heavy atom. The van der Waals surface area contributed by atoms with Crippen molar-refractivity contribution in [3.8, 4) is 5.75 Å². The largest absolute Gasteiger partial charge is 0.505 e. The molecule has 0 fully saturated rings. The van der Waals surface area contributed by atoms with E-state index in [4.69, 9.17) is 16.6 Å². The molecule has 0 aromatic heterocycles. The van der Waals surface area contributed by atoms with E-state index in [2.05, 4.69) is 0 Å². The molecule has 15 heavy (non-hydrogen) atoms. The van der Waals surface area contributed by atoms with Crippen molar-refractivity contribution >= 4 is 18.1 Å². The zero-order valence-electron chi connectivity index (χ0n) is 7.98. The Labute approximate surface area is 93.1 Å². The number of nitrogen functional groups attached to an aromatic ring is 1. The molecule has 1 atom stereocenters. The van der Waals surface area contributed by atoms with Crippen LogP contribution in [0.1, 0.15) is 18.0 Å². The molecule has 0 aliphatic rings. The van der Waals surface area contributed by atoms with E-state index >= 15 is 0 Å². The van der Waals surface area contributed by atoms with Crippen LogP contribution in [0, 0.1) is 5.82 Å². The highest BCUT2D eigenvalue weighted by Crippen LogP contribution is 2.31. The first kappa shape index (κ1) is 14.0.